The fourth-order valence-corrected chi connectivity index (χ4v) is 1.24. The lowest BCUT2D eigenvalue weighted by atomic mass is 10.1. The largest absolute Gasteiger partial charge is 0.282 e. The minimum absolute atomic E-state index is 0.0179. The molecule has 0 fully saturated rings. The summed E-state index contributed by atoms with van der Waals surface area (Å²) < 4.78 is 0. The highest BCUT2D eigenvalue weighted by Gasteiger charge is 2.21. The van der Waals surface area contributed by atoms with Crippen LogP contribution in [0.2, 0.25) is 0 Å². The summed E-state index contributed by atoms with van der Waals surface area (Å²) in [5.74, 6) is -0.623. The zero-order valence-electron chi connectivity index (χ0n) is 8.31. The van der Waals surface area contributed by atoms with Crippen molar-refractivity contribution in [3.63, 3.8) is 0 Å². The zero-order chi connectivity index (χ0) is 11.4. The fourth-order valence-electron chi connectivity index (χ4n) is 1.24. The van der Waals surface area contributed by atoms with Crippen molar-refractivity contribution in [2.45, 2.75) is 6.92 Å². The standard InChI is InChI=1S/C9H10N2O4/c1-6-4-3-5-7(11(13)14)8(6)9(12)10-15-2/h3-5H,1-2H3,(H,10,12). The molecule has 0 saturated carbocycles. The van der Waals surface area contributed by atoms with Crippen molar-refractivity contribution < 1.29 is 14.6 Å². The van der Waals surface area contributed by atoms with Crippen LogP contribution >= 0.6 is 0 Å². The van der Waals surface area contributed by atoms with E-state index in [9.17, 15) is 14.9 Å². The van der Waals surface area contributed by atoms with Gasteiger partial charge in [-0.15, -0.1) is 0 Å². The molecule has 0 aliphatic rings. The van der Waals surface area contributed by atoms with Gasteiger partial charge in [0.25, 0.3) is 11.6 Å². The van der Waals surface area contributed by atoms with Crippen molar-refractivity contribution in [2.75, 3.05) is 7.11 Å². The summed E-state index contributed by atoms with van der Waals surface area (Å²) in [6, 6.07) is 4.42. The van der Waals surface area contributed by atoms with Crippen LogP contribution < -0.4 is 5.48 Å². The maximum atomic E-state index is 11.5. The molecule has 1 amide bonds. The summed E-state index contributed by atoms with van der Waals surface area (Å²) in [5, 5.41) is 10.7. The van der Waals surface area contributed by atoms with E-state index < -0.39 is 10.8 Å². The molecule has 80 valence electrons. The van der Waals surface area contributed by atoms with E-state index in [1.807, 2.05) is 0 Å². The Morgan fingerprint density at radius 3 is 2.73 bits per heavy atom. The van der Waals surface area contributed by atoms with Crippen molar-refractivity contribution in [1.82, 2.24) is 5.48 Å². The van der Waals surface area contributed by atoms with E-state index in [1.54, 1.807) is 13.0 Å². The second kappa shape index (κ2) is 4.52. The third-order valence-electron chi connectivity index (χ3n) is 1.87. The second-order valence-corrected chi connectivity index (χ2v) is 2.86. The lowest BCUT2D eigenvalue weighted by Crippen LogP contribution is -2.23. The molecule has 15 heavy (non-hydrogen) atoms. The number of nitrogens with zero attached hydrogens (tertiary/aromatic N) is 1. The number of hydroxylamine groups is 1. The van der Waals surface area contributed by atoms with E-state index in [2.05, 4.69) is 10.3 Å². The Morgan fingerprint density at radius 2 is 2.20 bits per heavy atom. The van der Waals surface area contributed by atoms with Gasteiger partial charge in [0.05, 0.1) is 12.0 Å². The highest BCUT2D eigenvalue weighted by atomic mass is 16.6. The summed E-state index contributed by atoms with van der Waals surface area (Å²) in [7, 11) is 1.27. The summed E-state index contributed by atoms with van der Waals surface area (Å²) in [6.45, 7) is 1.62. The number of aryl methyl sites for hydroxylation is 1. The van der Waals surface area contributed by atoms with E-state index in [0.717, 1.165) is 0 Å². The lowest BCUT2D eigenvalue weighted by molar-refractivity contribution is -0.385. The molecule has 1 aromatic rings. The summed E-state index contributed by atoms with van der Waals surface area (Å²) in [6.07, 6.45) is 0. The van der Waals surface area contributed by atoms with Crippen LogP contribution in [0.4, 0.5) is 5.69 Å². The molecule has 0 unspecified atom stereocenters. The Morgan fingerprint density at radius 1 is 1.53 bits per heavy atom. The summed E-state index contributed by atoms with van der Waals surface area (Å²) in [4.78, 5) is 25.9. The number of nitro benzene ring substituents is 1. The molecule has 1 N–H and O–H groups in total. The molecule has 0 atom stereocenters. The molecule has 0 aromatic heterocycles. The van der Waals surface area contributed by atoms with Gasteiger partial charge in [-0.1, -0.05) is 12.1 Å². The SMILES string of the molecule is CONC(=O)c1c(C)cccc1[N+](=O)[O-]. The van der Waals surface area contributed by atoms with E-state index in [0.29, 0.717) is 5.56 Å². The first-order chi connectivity index (χ1) is 7.07. The molecule has 6 heteroatoms. The van der Waals surface area contributed by atoms with Crippen LogP contribution in [-0.2, 0) is 4.84 Å². The topological polar surface area (TPSA) is 81.5 Å². The summed E-state index contributed by atoms with van der Waals surface area (Å²) >= 11 is 0. The number of carbonyl (C=O) groups excluding carboxylic acids is 1. The van der Waals surface area contributed by atoms with Crippen LogP contribution in [0.1, 0.15) is 15.9 Å². The monoisotopic (exact) mass is 210 g/mol. The minimum atomic E-state index is -0.623. The van der Waals surface area contributed by atoms with Crippen LogP contribution in [0, 0.1) is 17.0 Å². The van der Waals surface area contributed by atoms with Crippen molar-refractivity contribution in [2.24, 2.45) is 0 Å². The van der Waals surface area contributed by atoms with Gasteiger partial charge in [0, 0.05) is 6.07 Å². The van der Waals surface area contributed by atoms with Crippen LogP contribution in [0.5, 0.6) is 0 Å². The molecule has 0 bridgehead atoms. The average molecular weight is 210 g/mol. The van der Waals surface area contributed by atoms with E-state index in [1.165, 1.54) is 19.2 Å². The zero-order valence-corrected chi connectivity index (χ0v) is 8.31. The lowest BCUT2D eigenvalue weighted by Gasteiger charge is -2.05. The predicted octanol–water partition coefficient (Wildman–Crippen LogP) is 1.19. The van der Waals surface area contributed by atoms with Crippen molar-refractivity contribution in [3.8, 4) is 0 Å². The van der Waals surface area contributed by atoms with Gasteiger partial charge in [-0.3, -0.25) is 19.7 Å². The van der Waals surface area contributed by atoms with Gasteiger partial charge in [-0.2, -0.15) is 0 Å². The fraction of sp³-hybridized carbons (Fsp3) is 0.222. The van der Waals surface area contributed by atoms with Gasteiger partial charge in [0.15, 0.2) is 0 Å². The number of nitro groups is 1. The Labute approximate surface area is 86.0 Å². The first-order valence-corrected chi connectivity index (χ1v) is 4.15. The number of amides is 1. The first kappa shape index (κ1) is 11.1. The van der Waals surface area contributed by atoms with E-state index >= 15 is 0 Å². The number of hydrogen-bond acceptors (Lipinski definition) is 4. The molecule has 0 aliphatic heterocycles. The predicted molar refractivity (Wildman–Crippen MR) is 52.3 cm³/mol. The van der Waals surface area contributed by atoms with Crippen LogP contribution in [-0.4, -0.2) is 17.9 Å². The summed E-state index contributed by atoms with van der Waals surface area (Å²) in [5.41, 5.74) is 2.37. The Bertz CT molecular complexity index is 403. The maximum absolute atomic E-state index is 11.5. The Kier molecular flexibility index (Phi) is 3.35. The molecule has 0 radical (unpaired) electrons. The Balaban J connectivity index is 3.24. The smallest absolute Gasteiger partial charge is 0.277 e. The molecular weight excluding hydrogens is 200 g/mol. The highest BCUT2D eigenvalue weighted by Crippen LogP contribution is 2.21. The number of carbonyl (C=O) groups is 1. The van der Waals surface area contributed by atoms with E-state index in [-0.39, 0.29) is 11.3 Å². The molecule has 0 spiro atoms. The van der Waals surface area contributed by atoms with Gasteiger partial charge in [-0.05, 0) is 12.5 Å². The normalized spacial score (nSPS) is 9.73. The van der Waals surface area contributed by atoms with E-state index in [4.69, 9.17) is 0 Å². The van der Waals surface area contributed by atoms with Crippen LogP contribution in [0.25, 0.3) is 0 Å². The number of benzene rings is 1. The second-order valence-electron chi connectivity index (χ2n) is 2.86. The van der Waals surface area contributed by atoms with Crippen molar-refractivity contribution in [3.05, 3.63) is 39.4 Å². The van der Waals surface area contributed by atoms with Gasteiger partial charge < -0.3 is 0 Å². The molecule has 1 rings (SSSR count). The molecule has 1 aromatic carbocycles. The van der Waals surface area contributed by atoms with Crippen molar-refractivity contribution in [1.29, 1.82) is 0 Å². The third kappa shape index (κ3) is 2.29. The van der Waals surface area contributed by atoms with Crippen LogP contribution in [0.15, 0.2) is 18.2 Å². The highest BCUT2D eigenvalue weighted by molar-refractivity contribution is 5.98. The third-order valence-corrected chi connectivity index (χ3v) is 1.87. The average Bonchev–Trinajstić information content (AvgIpc) is 2.17. The molecule has 0 saturated heterocycles. The quantitative estimate of drug-likeness (QED) is 0.600. The maximum Gasteiger partial charge on any atom is 0.282 e. The molecular formula is C9H10N2O4. The molecule has 0 heterocycles. The number of hydrogen-bond donors (Lipinski definition) is 1. The number of rotatable bonds is 3. The molecule has 0 aliphatic carbocycles. The van der Waals surface area contributed by atoms with Gasteiger partial charge in [0.1, 0.15) is 5.56 Å². The Hall–Kier alpha value is -1.95. The number of nitrogens with one attached hydrogen (secondary N) is 1. The first-order valence-electron chi connectivity index (χ1n) is 4.15. The minimum Gasteiger partial charge on any atom is -0.277 e. The van der Waals surface area contributed by atoms with Crippen LogP contribution in [0.3, 0.4) is 0 Å². The molecule has 6 nitrogen and oxygen atoms in total. The van der Waals surface area contributed by atoms with Crippen molar-refractivity contribution >= 4 is 11.6 Å². The van der Waals surface area contributed by atoms with Gasteiger partial charge >= 0.3 is 0 Å². The van der Waals surface area contributed by atoms with Gasteiger partial charge in [0.2, 0.25) is 0 Å². The van der Waals surface area contributed by atoms with Gasteiger partial charge in [-0.25, -0.2) is 5.48 Å².